The molecule has 1 aliphatic rings. The van der Waals surface area contributed by atoms with Crippen LogP contribution in [0.1, 0.15) is 5.82 Å². The van der Waals surface area contributed by atoms with Crippen LogP contribution in [0.3, 0.4) is 0 Å². The number of para-hydroxylation sites is 1. The fraction of sp³-hybridized carbons (Fsp3) is 0.217. The summed E-state index contributed by atoms with van der Waals surface area (Å²) in [6, 6.07) is 16.7. The van der Waals surface area contributed by atoms with Crippen molar-refractivity contribution in [1.29, 1.82) is 0 Å². The number of hydrogen-bond acceptors (Lipinski definition) is 4. The lowest BCUT2D eigenvalue weighted by Crippen LogP contribution is -3.13. The minimum atomic E-state index is -0.289. The first-order valence-corrected chi connectivity index (χ1v) is 11.0. The van der Waals surface area contributed by atoms with Gasteiger partial charge in [0, 0.05) is 16.6 Å². The molecule has 5 rings (SSSR count). The quantitative estimate of drug-likeness (QED) is 0.533. The van der Waals surface area contributed by atoms with Crippen LogP contribution in [0, 0.1) is 5.82 Å². The molecule has 30 heavy (non-hydrogen) atoms. The molecule has 0 atom stereocenters. The molecule has 2 aromatic heterocycles. The Kier molecular flexibility index (Phi) is 5.06. The summed E-state index contributed by atoms with van der Waals surface area (Å²) in [5, 5.41) is 2.51. The molecule has 1 saturated heterocycles. The highest BCUT2D eigenvalue weighted by Gasteiger charge is 2.22. The Morgan fingerprint density at radius 3 is 2.53 bits per heavy atom. The molecule has 0 spiro atoms. The molecule has 2 N–H and O–H groups in total. The lowest BCUT2D eigenvalue weighted by molar-refractivity contribution is -0.915. The number of aromatic nitrogens is 2. The number of halogens is 1. The largest absolute Gasteiger partial charge is 0.360 e. The molecule has 0 unspecified atom stereocenters. The molecule has 0 saturated carbocycles. The van der Waals surface area contributed by atoms with Crippen molar-refractivity contribution in [1.82, 2.24) is 9.97 Å². The molecule has 7 heteroatoms. The van der Waals surface area contributed by atoms with Crippen LogP contribution in [0.2, 0.25) is 0 Å². The molecule has 1 aliphatic heterocycles. The molecule has 5 nitrogen and oxygen atoms in total. The number of quaternary nitrogens is 1. The Bertz CT molecular complexity index is 1210. The number of nitrogens with zero attached hydrogens (tertiary/aromatic N) is 2. The van der Waals surface area contributed by atoms with Gasteiger partial charge in [-0.1, -0.05) is 30.3 Å². The SMILES string of the molecule is O=c1[nH]c(C[NH+]2CCN(c3ccccc3)CC2)nc2scc(-c3ccc(F)cc3)c12. The summed E-state index contributed by atoms with van der Waals surface area (Å²) in [4.78, 5) is 25.1. The summed E-state index contributed by atoms with van der Waals surface area (Å²) in [5.41, 5.74) is 2.76. The van der Waals surface area contributed by atoms with E-state index in [2.05, 4.69) is 34.1 Å². The van der Waals surface area contributed by atoms with Crippen LogP contribution in [-0.2, 0) is 6.54 Å². The van der Waals surface area contributed by atoms with E-state index in [1.165, 1.54) is 34.1 Å². The molecule has 1 fully saturated rings. The summed E-state index contributed by atoms with van der Waals surface area (Å²) >= 11 is 1.46. The highest BCUT2D eigenvalue weighted by molar-refractivity contribution is 7.17. The molecular formula is C23H22FN4OS+. The Morgan fingerprint density at radius 2 is 1.80 bits per heavy atom. The molecular weight excluding hydrogens is 399 g/mol. The summed E-state index contributed by atoms with van der Waals surface area (Å²) in [6.45, 7) is 4.68. The maximum Gasteiger partial charge on any atom is 0.260 e. The summed E-state index contributed by atoms with van der Waals surface area (Å²) in [6.07, 6.45) is 0. The molecule has 0 radical (unpaired) electrons. The average molecular weight is 422 g/mol. The Labute approximate surface area is 177 Å². The normalized spacial score (nSPS) is 15.0. The number of hydrogen-bond donors (Lipinski definition) is 2. The van der Waals surface area contributed by atoms with Crippen molar-refractivity contribution in [2.24, 2.45) is 0 Å². The second-order valence-corrected chi connectivity index (χ2v) is 8.46. The lowest BCUT2D eigenvalue weighted by Gasteiger charge is -2.33. The highest BCUT2D eigenvalue weighted by atomic mass is 32.1. The van der Waals surface area contributed by atoms with Crippen molar-refractivity contribution in [3.8, 4) is 11.1 Å². The molecule has 4 aromatic rings. The molecule has 3 heterocycles. The van der Waals surface area contributed by atoms with E-state index in [1.807, 2.05) is 11.4 Å². The van der Waals surface area contributed by atoms with Crippen molar-refractivity contribution in [3.05, 3.63) is 82.0 Å². The second-order valence-electron chi connectivity index (χ2n) is 7.60. The minimum absolute atomic E-state index is 0.127. The van der Waals surface area contributed by atoms with Crippen LogP contribution >= 0.6 is 11.3 Å². The van der Waals surface area contributed by atoms with E-state index in [4.69, 9.17) is 4.98 Å². The minimum Gasteiger partial charge on any atom is -0.360 e. The number of piperazine rings is 1. The highest BCUT2D eigenvalue weighted by Crippen LogP contribution is 2.30. The topological polar surface area (TPSA) is 53.4 Å². The van der Waals surface area contributed by atoms with Gasteiger partial charge >= 0.3 is 0 Å². The van der Waals surface area contributed by atoms with Gasteiger partial charge in [0.1, 0.15) is 17.2 Å². The maximum absolute atomic E-state index is 13.2. The van der Waals surface area contributed by atoms with Crippen LogP contribution in [0.15, 0.2) is 64.8 Å². The van der Waals surface area contributed by atoms with E-state index in [0.29, 0.717) is 11.9 Å². The van der Waals surface area contributed by atoms with E-state index in [1.54, 1.807) is 12.1 Å². The van der Waals surface area contributed by atoms with Gasteiger partial charge < -0.3 is 14.8 Å². The zero-order valence-corrected chi connectivity index (χ0v) is 17.2. The number of benzene rings is 2. The van der Waals surface area contributed by atoms with Crippen LogP contribution in [0.4, 0.5) is 10.1 Å². The first kappa shape index (κ1) is 19.0. The third kappa shape index (κ3) is 3.74. The predicted molar refractivity (Wildman–Crippen MR) is 119 cm³/mol. The standard InChI is InChI=1S/C23H21FN4OS/c24-17-8-6-16(7-9-17)19-15-30-23-21(19)22(29)25-20(26-23)14-27-10-12-28(13-11-27)18-4-2-1-3-5-18/h1-9,15H,10-14H2,(H,25,26,29)/p+1. The Hall–Kier alpha value is -3.03. The first-order chi connectivity index (χ1) is 14.7. The van der Waals surface area contributed by atoms with Crippen molar-refractivity contribution in [3.63, 3.8) is 0 Å². The molecule has 0 bridgehead atoms. The fourth-order valence-electron chi connectivity index (χ4n) is 4.05. The average Bonchev–Trinajstić information content (AvgIpc) is 3.20. The third-order valence-electron chi connectivity index (χ3n) is 5.66. The number of H-pyrrole nitrogens is 1. The van der Waals surface area contributed by atoms with Gasteiger partial charge in [-0.2, -0.15) is 0 Å². The van der Waals surface area contributed by atoms with Gasteiger partial charge in [-0.3, -0.25) is 4.79 Å². The van der Waals surface area contributed by atoms with Gasteiger partial charge in [0.05, 0.1) is 31.6 Å². The van der Waals surface area contributed by atoms with Gasteiger partial charge in [0.2, 0.25) is 0 Å². The van der Waals surface area contributed by atoms with Gasteiger partial charge in [0.15, 0.2) is 5.82 Å². The van der Waals surface area contributed by atoms with Crippen LogP contribution < -0.4 is 15.4 Å². The van der Waals surface area contributed by atoms with Crippen LogP contribution in [0.25, 0.3) is 21.3 Å². The number of fused-ring (bicyclic) bond motifs is 1. The number of anilines is 1. The summed E-state index contributed by atoms with van der Waals surface area (Å²) in [5.74, 6) is 0.436. The number of nitrogens with one attached hydrogen (secondary N) is 2. The van der Waals surface area contributed by atoms with E-state index in [0.717, 1.165) is 48.0 Å². The monoisotopic (exact) mass is 421 g/mol. The molecule has 2 aromatic carbocycles. The Balaban J connectivity index is 1.33. The van der Waals surface area contributed by atoms with Crippen LogP contribution in [0.5, 0.6) is 0 Å². The smallest absolute Gasteiger partial charge is 0.260 e. The summed E-state index contributed by atoms with van der Waals surface area (Å²) in [7, 11) is 0. The number of aromatic amines is 1. The Morgan fingerprint density at radius 1 is 1.07 bits per heavy atom. The fourth-order valence-corrected chi connectivity index (χ4v) is 5.02. The maximum atomic E-state index is 13.2. The van der Waals surface area contributed by atoms with Gasteiger partial charge in [0.25, 0.3) is 5.56 Å². The molecule has 0 aliphatic carbocycles. The zero-order chi connectivity index (χ0) is 20.5. The van der Waals surface area contributed by atoms with E-state index in [-0.39, 0.29) is 11.4 Å². The summed E-state index contributed by atoms with van der Waals surface area (Å²) < 4.78 is 13.2. The zero-order valence-electron chi connectivity index (χ0n) is 16.4. The van der Waals surface area contributed by atoms with Crippen LogP contribution in [-0.4, -0.2) is 36.1 Å². The molecule has 0 amide bonds. The van der Waals surface area contributed by atoms with Gasteiger partial charge in [-0.05, 0) is 29.8 Å². The van der Waals surface area contributed by atoms with Crippen molar-refractivity contribution in [2.75, 3.05) is 31.1 Å². The van der Waals surface area contributed by atoms with Crippen molar-refractivity contribution in [2.45, 2.75) is 6.54 Å². The lowest BCUT2D eigenvalue weighted by atomic mass is 10.1. The first-order valence-electron chi connectivity index (χ1n) is 10.1. The van der Waals surface area contributed by atoms with E-state index < -0.39 is 0 Å². The van der Waals surface area contributed by atoms with Crippen molar-refractivity contribution >= 4 is 27.2 Å². The number of rotatable bonds is 4. The van der Waals surface area contributed by atoms with Gasteiger partial charge in [-0.15, -0.1) is 11.3 Å². The third-order valence-corrected chi connectivity index (χ3v) is 6.53. The predicted octanol–water partition coefficient (Wildman–Crippen LogP) is 2.70. The van der Waals surface area contributed by atoms with E-state index >= 15 is 0 Å². The molecule has 152 valence electrons. The number of thiophene rings is 1. The van der Waals surface area contributed by atoms with Gasteiger partial charge in [-0.25, -0.2) is 9.37 Å². The van der Waals surface area contributed by atoms with E-state index in [9.17, 15) is 9.18 Å². The second kappa shape index (κ2) is 8.01. The van der Waals surface area contributed by atoms with Crippen molar-refractivity contribution < 1.29 is 9.29 Å².